The van der Waals surface area contributed by atoms with Gasteiger partial charge in [-0.05, 0) is 37.1 Å². The lowest BCUT2D eigenvalue weighted by atomic mass is 9.96. The van der Waals surface area contributed by atoms with Crippen molar-refractivity contribution in [3.63, 3.8) is 0 Å². The summed E-state index contributed by atoms with van der Waals surface area (Å²) in [5, 5.41) is 26.5. The molecule has 1 aliphatic carbocycles. The molecule has 2 aromatic heterocycles. The van der Waals surface area contributed by atoms with Crippen molar-refractivity contribution in [3.8, 4) is 22.8 Å². The van der Waals surface area contributed by atoms with E-state index in [1.807, 2.05) is 23.6 Å². The van der Waals surface area contributed by atoms with Crippen LogP contribution in [0.5, 0.6) is 11.5 Å². The topological polar surface area (TPSA) is 83.0 Å². The summed E-state index contributed by atoms with van der Waals surface area (Å²) >= 11 is 1.50. The molecule has 0 atom stereocenters. The van der Waals surface area contributed by atoms with E-state index < -0.39 is 0 Å². The van der Waals surface area contributed by atoms with Gasteiger partial charge in [0.25, 0.3) is 0 Å². The van der Waals surface area contributed by atoms with Crippen LogP contribution in [0.4, 0.5) is 0 Å². The molecule has 1 aliphatic rings. The minimum atomic E-state index is 0.00352. The highest BCUT2D eigenvalue weighted by molar-refractivity contribution is 7.07. The Morgan fingerprint density at radius 3 is 2.71 bits per heavy atom. The Morgan fingerprint density at radius 1 is 1.11 bits per heavy atom. The smallest absolute Gasteiger partial charge is 0.206 e. The minimum Gasteiger partial charge on any atom is -0.508 e. The maximum atomic E-state index is 10.3. The molecule has 2 N–H and O–H groups in total. The number of aromatic nitrogens is 2. The number of thiazole rings is 1. The van der Waals surface area contributed by atoms with Crippen molar-refractivity contribution in [2.75, 3.05) is 0 Å². The van der Waals surface area contributed by atoms with Crippen molar-refractivity contribution in [2.24, 2.45) is 10.1 Å². The van der Waals surface area contributed by atoms with E-state index in [0.29, 0.717) is 11.6 Å². The van der Waals surface area contributed by atoms with Gasteiger partial charge in [0.05, 0.1) is 23.6 Å². The van der Waals surface area contributed by atoms with E-state index in [2.05, 4.69) is 10.1 Å². The molecule has 0 amide bonds. The van der Waals surface area contributed by atoms with Crippen LogP contribution in [-0.2, 0) is 0 Å². The summed E-state index contributed by atoms with van der Waals surface area (Å²) in [5.41, 5.74) is 2.06. The first kappa shape index (κ1) is 18.4. The quantitative estimate of drug-likeness (QED) is 0.653. The van der Waals surface area contributed by atoms with Gasteiger partial charge >= 0.3 is 0 Å². The monoisotopic (exact) mass is 394 g/mol. The van der Waals surface area contributed by atoms with Gasteiger partial charge in [0.1, 0.15) is 11.5 Å². The number of pyridine rings is 1. The Bertz CT molecular complexity index is 1030. The summed E-state index contributed by atoms with van der Waals surface area (Å²) in [5.74, 6) is 0.0240. The van der Waals surface area contributed by atoms with Gasteiger partial charge in [-0.2, -0.15) is 5.10 Å². The molecule has 28 heavy (non-hydrogen) atoms. The van der Waals surface area contributed by atoms with Crippen LogP contribution in [0.3, 0.4) is 0 Å². The SMILES string of the molecule is Oc1ccc(-c2csc(=NC3CCCCC3)n2/N=C\c2ccccn2)c(O)c1. The normalized spacial score (nSPS) is 16.1. The van der Waals surface area contributed by atoms with Crippen LogP contribution in [0.25, 0.3) is 11.3 Å². The second kappa shape index (κ2) is 8.39. The number of benzene rings is 1. The third kappa shape index (κ3) is 4.14. The molecule has 0 bridgehead atoms. The van der Waals surface area contributed by atoms with Crippen molar-refractivity contribution >= 4 is 17.6 Å². The van der Waals surface area contributed by atoms with E-state index in [1.54, 1.807) is 29.2 Å². The third-order valence-corrected chi connectivity index (χ3v) is 5.63. The lowest BCUT2D eigenvalue weighted by molar-refractivity contribution is 0.435. The van der Waals surface area contributed by atoms with E-state index in [1.165, 1.54) is 36.7 Å². The fraction of sp³-hybridized carbons (Fsp3) is 0.286. The van der Waals surface area contributed by atoms with Crippen LogP contribution in [0.1, 0.15) is 37.8 Å². The van der Waals surface area contributed by atoms with Gasteiger partial charge in [-0.15, -0.1) is 11.3 Å². The summed E-state index contributed by atoms with van der Waals surface area (Å²) in [7, 11) is 0. The molecule has 7 heteroatoms. The molecule has 0 saturated heterocycles. The Balaban J connectivity index is 1.79. The van der Waals surface area contributed by atoms with E-state index >= 15 is 0 Å². The number of phenols is 2. The Hall–Kier alpha value is -2.93. The van der Waals surface area contributed by atoms with Crippen molar-refractivity contribution in [2.45, 2.75) is 38.1 Å². The highest BCUT2D eigenvalue weighted by Gasteiger charge is 2.15. The molecule has 144 valence electrons. The maximum absolute atomic E-state index is 10.3. The van der Waals surface area contributed by atoms with E-state index in [4.69, 9.17) is 4.99 Å². The number of rotatable bonds is 4. The Labute approximate surface area is 167 Å². The van der Waals surface area contributed by atoms with Gasteiger partial charge < -0.3 is 10.2 Å². The molecule has 4 rings (SSSR count). The maximum Gasteiger partial charge on any atom is 0.206 e. The summed E-state index contributed by atoms with van der Waals surface area (Å²) in [4.78, 5) is 10.0. The van der Waals surface area contributed by atoms with Crippen molar-refractivity contribution < 1.29 is 10.2 Å². The van der Waals surface area contributed by atoms with Gasteiger partial charge in [-0.3, -0.25) is 9.98 Å². The average molecular weight is 394 g/mol. The summed E-state index contributed by atoms with van der Waals surface area (Å²) in [6.07, 6.45) is 9.31. The van der Waals surface area contributed by atoms with Gasteiger partial charge in [-0.1, -0.05) is 25.3 Å². The minimum absolute atomic E-state index is 0.00352. The standard InChI is InChI=1S/C21H22N4O2S/c26-17-9-10-18(20(27)12-17)19-14-28-21(24-15-6-2-1-3-7-15)25(19)23-13-16-8-4-5-11-22-16/h4-5,8-15,26-27H,1-3,6-7H2/b23-13-,24-21?. The molecular weight excluding hydrogens is 372 g/mol. The van der Waals surface area contributed by atoms with Crippen LogP contribution in [-0.4, -0.2) is 32.1 Å². The fourth-order valence-corrected chi connectivity index (χ4v) is 4.26. The largest absolute Gasteiger partial charge is 0.508 e. The molecular formula is C21H22N4O2S. The van der Waals surface area contributed by atoms with Crippen LogP contribution in [0.2, 0.25) is 0 Å². The highest BCUT2D eigenvalue weighted by Crippen LogP contribution is 2.32. The summed E-state index contributed by atoms with van der Waals surface area (Å²) in [6, 6.07) is 10.5. The molecule has 1 aromatic carbocycles. The van der Waals surface area contributed by atoms with Gasteiger partial charge in [0.2, 0.25) is 4.80 Å². The van der Waals surface area contributed by atoms with Gasteiger partial charge in [0, 0.05) is 23.2 Å². The van der Waals surface area contributed by atoms with Gasteiger partial charge in [-0.25, -0.2) is 4.68 Å². The van der Waals surface area contributed by atoms with Crippen LogP contribution in [0.15, 0.2) is 58.1 Å². The Kier molecular flexibility index (Phi) is 5.53. The van der Waals surface area contributed by atoms with E-state index in [9.17, 15) is 10.2 Å². The van der Waals surface area contributed by atoms with Gasteiger partial charge in [0.15, 0.2) is 0 Å². The molecule has 1 saturated carbocycles. The molecule has 0 unspecified atom stereocenters. The van der Waals surface area contributed by atoms with Crippen molar-refractivity contribution in [3.05, 3.63) is 58.5 Å². The summed E-state index contributed by atoms with van der Waals surface area (Å²) in [6.45, 7) is 0. The first-order valence-corrected chi connectivity index (χ1v) is 10.3. The number of hydrogen-bond donors (Lipinski definition) is 2. The predicted molar refractivity (Wildman–Crippen MR) is 111 cm³/mol. The summed E-state index contributed by atoms with van der Waals surface area (Å²) < 4.78 is 1.75. The first-order valence-electron chi connectivity index (χ1n) is 9.43. The van der Waals surface area contributed by atoms with Crippen molar-refractivity contribution in [1.82, 2.24) is 9.66 Å². The number of nitrogens with zero attached hydrogens (tertiary/aromatic N) is 4. The molecule has 3 aromatic rings. The Morgan fingerprint density at radius 2 is 1.96 bits per heavy atom. The first-order chi connectivity index (χ1) is 13.7. The van der Waals surface area contributed by atoms with E-state index in [-0.39, 0.29) is 11.5 Å². The molecule has 0 spiro atoms. The molecule has 0 aliphatic heterocycles. The van der Waals surface area contributed by atoms with Crippen LogP contribution < -0.4 is 4.80 Å². The number of hydrogen-bond acceptors (Lipinski definition) is 6. The zero-order chi connectivity index (χ0) is 19.3. The number of phenolic OH excluding ortho intramolecular Hbond substituents is 2. The second-order valence-corrected chi connectivity index (χ2v) is 7.67. The van der Waals surface area contributed by atoms with Crippen LogP contribution >= 0.6 is 11.3 Å². The predicted octanol–water partition coefficient (Wildman–Crippen LogP) is 4.14. The lowest BCUT2D eigenvalue weighted by Gasteiger charge is -2.16. The third-order valence-electron chi connectivity index (χ3n) is 4.80. The van der Waals surface area contributed by atoms with E-state index in [0.717, 1.165) is 29.0 Å². The zero-order valence-corrected chi connectivity index (χ0v) is 16.2. The lowest BCUT2D eigenvalue weighted by Crippen LogP contribution is -2.19. The second-order valence-electron chi connectivity index (χ2n) is 6.84. The molecule has 2 heterocycles. The molecule has 1 fully saturated rings. The highest BCUT2D eigenvalue weighted by atomic mass is 32.1. The fourth-order valence-electron chi connectivity index (χ4n) is 3.36. The average Bonchev–Trinajstić information content (AvgIpc) is 3.10. The molecule has 0 radical (unpaired) electrons. The zero-order valence-electron chi connectivity index (χ0n) is 15.4. The number of aromatic hydroxyl groups is 2. The van der Waals surface area contributed by atoms with Crippen molar-refractivity contribution in [1.29, 1.82) is 0 Å². The molecule has 6 nitrogen and oxygen atoms in total. The van der Waals surface area contributed by atoms with Crippen LogP contribution in [0, 0.1) is 0 Å².